The molecule has 8 nitrogen and oxygen atoms in total. The molecule has 1 heterocycles. The number of rotatable bonds is 6. The van der Waals surface area contributed by atoms with Crippen molar-refractivity contribution in [2.24, 2.45) is 0 Å². The first-order valence-corrected chi connectivity index (χ1v) is 10.8. The van der Waals surface area contributed by atoms with Crippen LogP contribution in [0.5, 0.6) is 5.75 Å². The van der Waals surface area contributed by atoms with E-state index >= 15 is 0 Å². The number of carbonyl (C=O) groups excluding carboxylic acids is 2. The molecule has 0 N–H and O–H groups in total. The molecule has 0 saturated carbocycles. The fourth-order valence-electron chi connectivity index (χ4n) is 3.26. The van der Waals surface area contributed by atoms with E-state index in [0.29, 0.717) is 30.0 Å². The average molecular weight is 432 g/mol. The van der Waals surface area contributed by atoms with Crippen molar-refractivity contribution >= 4 is 27.6 Å². The Morgan fingerprint density at radius 1 is 1.13 bits per heavy atom. The van der Waals surface area contributed by atoms with Crippen molar-refractivity contribution in [3.8, 4) is 5.75 Å². The smallest absolute Gasteiger partial charge is 0.337 e. The number of methoxy groups -OCH3 is 1. The number of ether oxygens (including phenoxy) is 2. The van der Waals surface area contributed by atoms with E-state index in [9.17, 15) is 18.0 Å². The molecule has 1 amide bonds. The Hall–Kier alpha value is -2.91. The molecular weight excluding hydrogens is 408 g/mol. The van der Waals surface area contributed by atoms with Gasteiger partial charge >= 0.3 is 5.97 Å². The van der Waals surface area contributed by atoms with Crippen LogP contribution in [-0.2, 0) is 26.0 Å². The zero-order chi connectivity index (χ0) is 21.9. The molecular formula is C21H24N2O6S. The van der Waals surface area contributed by atoms with E-state index in [1.54, 1.807) is 35.2 Å². The summed E-state index contributed by atoms with van der Waals surface area (Å²) in [6.45, 7) is 0.318. The topological polar surface area (TPSA) is 93.2 Å². The molecule has 30 heavy (non-hydrogen) atoms. The Balaban J connectivity index is 1.75. The van der Waals surface area contributed by atoms with Crippen LogP contribution in [0.1, 0.15) is 22.3 Å². The molecule has 1 aliphatic heterocycles. The molecule has 0 fully saturated rings. The summed E-state index contributed by atoms with van der Waals surface area (Å²) >= 11 is 0. The lowest BCUT2D eigenvalue weighted by Gasteiger charge is -2.30. The van der Waals surface area contributed by atoms with Gasteiger partial charge < -0.3 is 14.4 Å². The van der Waals surface area contributed by atoms with Gasteiger partial charge in [-0.05, 0) is 54.8 Å². The first-order valence-electron chi connectivity index (χ1n) is 9.41. The lowest BCUT2D eigenvalue weighted by Crippen LogP contribution is -2.38. The summed E-state index contributed by atoms with van der Waals surface area (Å²) in [6, 6.07) is 11.2. The Morgan fingerprint density at radius 3 is 2.60 bits per heavy atom. The Labute approximate surface area is 176 Å². The molecule has 2 aromatic carbocycles. The second-order valence-corrected chi connectivity index (χ2v) is 9.19. The number of hydrogen-bond donors (Lipinski definition) is 0. The van der Waals surface area contributed by atoms with Gasteiger partial charge in [-0.25, -0.2) is 17.5 Å². The third-order valence-corrected chi connectivity index (χ3v) is 6.68. The highest BCUT2D eigenvalue weighted by Crippen LogP contribution is 2.30. The number of sulfonamides is 1. The van der Waals surface area contributed by atoms with Gasteiger partial charge in [-0.1, -0.05) is 6.07 Å². The van der Waals surface area contributed by atoms with Gasteiger partial charge in [0.1, 0.15) is 5.75 Å². The summed E-state index contributed by atoms with van der Waals surface area (Å²) in [6.07, 6.45) is 1.42. The van der Waals surface area contributed by atoms with E-state index in [2.05, 4.69) is 4.74 Å². The largest absolute Gasteiger partial charge is 0.484 e. The van der Waals surface area contributed by atoms with Crippen molar-refractivity contribution in [1.29, 1.82) is 0 Å². The summed E-state index contributed by atoms with van der Waals surface area (Å²) < 4.78 is 36.2. The number of anilines is 1. The monoisotopic (exact) mass is 432 g/mol. The van der Waals surface area contributed by atoms with Crippen LogP contribution in [0, 0.1) is 0 Å². The molecule has 160 valence electrons. The number of fused-ring (bicyclic) bond motifs is 1. The fourth-order valence-corrected chi connectivity index (χ4v) is 4.21. The third-order valence-electron chi connectivity index (χ3n) is 4.87. The highest BCUT2D eigenvalue weighted by atomic mass is 32.2. The fraction of sp³-hybridized carbons (Fsp3) is 0.333. The van der Waals surface area contributed by atoms with Crippen molar-refractivity contribution < 1.29 is 27.5 Å². The second kappa shape index (κ2) is 8.85. The zero-order valence-electron chi connectivity index (χ0n) is 17.1. The second-order valence-electron chi connectivity index (χ2n) is 7.03. The van der Waals surface area contributed by atoms with Gasteiger partial charge in [0.2, 0.25) is 10.0 Å². The molecule has 0 radical (unpaired) electrons. The molecule has 0 spiro atoms. The van der Waals surface area contributed by atoms with Gasteiger partial charge in [-0.3, -0.25) is 4.79 Å². The summed E-state index contributed by atoms with van der Waals surface area (Å²) in [5.74, 6) is -0.348. The normalized spacial score (nSPS) is 13.7. The van der Waals surface area contributed by atoms with Crippen LogP contribution in [0.3, 0.4) is 0 Å². The average Bonchev–Trinajstić information content (AvgIpc) is 2.76. The van der Waals surface area contributed by atoms with Crippen molar-refractivity contribution in [3.63, 3.8) is 0 Å². The summed E-state index contributed by atoms with van der Waals surface area (Å²) in [7, 11) is 0.720. The SMILES string of the molecule is COC(=O)c1cccc(OCC(=O)N2CCCc3cc(S(=O)(=O)N(C)C)ccc32)c1. The zero-order valence-corrected chi connectivity index (χ0v) is 17.9. The lowest BCUT2D eigenvalue weighted by atomic mass is 10.0. The quantitative estimate of drug-likeness (QED) is 0.649. The van der Waals surface area contributed by atoms with E-state index in [-0.39, 0.29) is 17.4 Å². The first-order chi connectivity index (χ1) is 14.2. The van der Waals surface area contributed by atoms with Crippen LogP contribution in [0.4, 0.5) is 5.69 Å². The van der Waals surface area contributed by atoms with E-state index in [4.69, 9.17) is 4.74 Å². The molecule has 0 bridgehead atoms. The number of nitrogens with zero attached hydrogens (tertiary/aromatic N) is 2. The molecule has 0 saturated heterocycles. The Bertz CT molecular complexity index is 1060. The molecule has 0 atom stereocenters. The van der Waals surface area contributed by atoms with Crippen LogP contribution in [0.2, 0.25) is 0 Å². The number of aryl methyl sites for hydroxylation is 1. The third kappa shape index (κ3) is 4.47. The Morgan fingerprint density at radius 2 is 1.90 bits per heavy atom. The van der Waals surface area contributed by atoms with Crippen molar-refractivity contribution in [3.05, 3.63) is 53.6 Å². The predicted octanol–water partition coefficient (Wildman–Crippen LogP) is 2.08. The minimum Gasteiger partial charge on any atom is -0.484 e. The van der Waals surface area contributed by atoms with Crippen molar-refractivity contribution in [2.75, 3.05) is 39.3 Å². The highest BCUT2D eigenvalue weighted by molar-refractivity contribution is 7.89. The van der Waals surface area contributed by atoms with E-state index < -0.39 is 16.0 Å². The van der Waals surface area contributed by atoms with Crippen LogP contribution in [-0.4, -0.2) is 59.0 Å². The summed E-state index contributed by atoms with van der Waals surface area (Å²) in [4.78, 5) is 26.2. The van der Waals surface area contributed by atoms with Gasteiger partial charge in [0.25, 0.3) is 5.91 Å². The number of carbonyl (C=O) groups is 2. The van der Waals surface area contributed by atoms with Crippen LogP contribution in [0.15, 0.2) is 47.4 Å². The maximum absolute atomic E-state index is 12.8. The number of benzene rings is 2. The van der Waals surface area contributed by atoms with Gasteiger partial charge in [0.05, 0.1) is 17.6 Å². The molecule has 0 aliphatic carbocycles. The van der Waals surface area contributed by atoms with Gasteiger partial charge in [-0.15, -0.1) is 0 Å². The standard InChI is InChI=1S/C21H24N2O6S/c1-22(2)30(26,27)18-9-10-19-15(13-18)7-5-11-23(19)20(24)14-29-17-8-4-6-16(12-17)21(25)28-3/h4,6,8-10,12-13H,5,7,11,14H2,1-3H3. The number of esters is 1. The molecule has 3 rings (SSSR count). The summed E-state index contributed by atoms with van der Waals surface area (Å²) in [5, 5.41) is 0. The van der Waals surface area contributed by atoms with Crippen molar-refractivity contribution in [2.45, 2.75) is 17.7 Å². The van der Waals surface area contributed by atoms with Gasteiger partial charge in [-0.2, -0.15) is 0 Å². The minimum absolute atomic E-state index is 0.205. The molecule has 2 aromatic rings. The Kier molecular flexibility index (Phi) is 6.42. The lowest BCUT2D eigenvalue weighted by molar-refractivity contribution is -0.120. The molecule has 0 aromatic heterocycles. The molecule has 0 unspecified atom stereocenters. The van der Waals surface area contributed by atoms with Crippen LogP contribution >= 0.6 is 0 Å². The minimum atomic E-state index is -3.54. The molecule has 9 heteroatoms. The van der Waals surface area contributed by atoms with E-state index in [0.717, 1.165) is 16.3 Å². The first kappa shape index (κ1) is 21.8. The van der Waals surface area contributed by atoms with Crippen LogP contribution < -0.4 is 9.64 Å². The number of hydrogen-bond acceptors (Lipinski definition) is 6. The van der Waals surface area contributed by atoms with Gasteiger partial charge in [0, 0.05) is 26.3 Å². The van der Waals surface area contributed by atoms with Crippen LogP contribution in [0.25, 0.3) is 0 Å². The van der Waals surface area contributed by atoms with E-state index in [1.165, 1.54) is 33.3 Å². The van der Waals surface area contributed by atoms with Gasteiger partial charge in [0.15, 0.2) is 6.61 Å². The molecule has 1 aliphatic rings. The maximum Gasteiger partial charge on any atom is 0.337 e. The summed E-state index contributed by atoms with van der Waals surface area (Å²) in [5.41, 5.74) is 1.83. The highest BCUT2D eigenvalue weighted by Gasteiger charge is 2.26. The number of amides is 1. The van der Waals surface area contributed by atoms with E-state index in [1.807, 2.05) is 0 Å². The van der Waals surface area contributed by atoms with Crippen molar-refractivity contribution in [1.82, 2.24) is 4.31 Å². The predicted molar refractivity (Wildman–Crippen MR) is 111 cm³/mol. The maximum atomic E-state index is 12.8.